The zero-order chi connectivity index (χ0) is 15.4. The van der Waals surface area contributed by atoms with Gasteiger partial charge in [0.15, 0.2) is 0 Å². The van der Waals surface area contributed by atoms with Crippen molar-refractivity contribution in [3.05, 3.63) is 35.6 Å². The van der Waals surface area contributed by atoms with Crippen molar-refractivity contribution in [1.29, 1.82) is 0 Å². The second-order valence-electron chi connectivity index (χ2n) is 5.24. The molecule has 3 rings (SSSR count). The number of halogens is 2. The summed E-state index contributed by atoms with van der Waals surface area (Å²) in [5, 5.41) is 3.59. The summed E-state index contributed by atoms with van der Waals surface area (Å²) in [5.41, 5.74) is 0.988. The number of hydrogen-bond acceptors (Lipinski definition) is 5. The van der Waals surface area contributed by atoms with Gasteiger partial charge in [-0.05, 0) is 18.8 Å². The number of ether oxygens (including phenoxy) is 1. The summed E-state index contributed by atoms with van der Waals surface area (Å²) in [6.45, 7) is 2.38. The first-order valence-corrected chi connectivity index (χ1v) is 7.55. The van der Waals surface area contributed by atoms with E-state index in [0.29, 0.717) is 28.0 Å². The molecule has 1 aliphatic rings. The lowest BCUT2D eigenvalue weighted by Gasteiger charge is -2.22. The lowest BCUT2D eigenvalue weighted by Crippen LogP contribution is -2.24. The van der Waals surface area contributed by atoms with Crippen LogP contribution in [0.3, 0.4) is 0 Å². The van der Waals surface area contributed by atoms with Crippen LogP contribution in [0.2, 0.25) is 5.02 Å². The highest BCUT2D eigenvalue weighted by atomic mass is 35.5. The summed E-state index contributed by atoms with van der Waals surface area (Å²) in [6, 6.07) is 1.26. The highest BCUT2D eigenvalue weighted by molar-refractivity contribution is 6.33. The SMILES string of the molecule is Fc1cc(-c2cncc(NCC3CCCOC3)n2)c(Cl)cn1. The number of hydrogen-bond donors (Lipinski definition) is 1. The molecule has 0 bridgehead atoms. The van der Waals surface area contributed by atoms with Crippen LogP contribution in [0.5, 0.6) is 0 Å². The standard InChI is InChI=1S/C15H16ClFN4O/c16-12-6-19-14(17)4-11(12)13-7-18-8-15(21-13)20-5-10-2-1-3-22-9-10/h4,6-8,10H,1-3,5,9H2,(H,20,21). The van der Waals surface area contributed by atoms with Gasteiger partial charge < -0.3 is 10.1 Å². The lowest BCUT2D eigenvalue weighted by molar-refractivity contribution is 0.0595. The third kappa shape index (κ3) is 3.69. The molecular weight excluding hydrogens is 307 g/mol. The fourth-order valence-electron chi connectivity index (χ4n) is 2.41. The summed E-state index contributed by atoms with van der Waals surface area (Å²) in [7, 11) is 0. The summed E-state index contributed by atoms with van der Waals surface area (Å²) in [5.74, 6) is 0.511. The highest BCUT2D eigenvalue weighted by Crippen LogP contribution is 2.26. The smallest absolute Gasteiger partial charge is 0.213 e. The van der Waals surface area contributed by atoms with Crippen LogP contribution >= 0.6 is 11.6 Å². The molecule has 1 saturated heterocycles. The summed E-state index contributed by atoms with van der Waals surface area (Å²) >= 11 is 6.05. The topological polar surface area (TPSA) is 59.9 Å². The molecule has 1 unspecified atom stereocenters. The van der Waals surface area contributed by atoms with Gasteiger partial charge in [-0.3, -0.25) is 4.98 Å². The maximum atomic E-state index is 13.3. The fourth-order valence-corrected chi connectivity index (χ4v) is 2.61. The Kier molecular flexibility index (Phi) is 4.80. The Bertz CT molecular complexity index is 649. The van der Waals surface area contributed by atoms with Crippen molar-refractivity contribution in [2.45, 2.75) is 12.8 Å². The van der Waals surface area contributed by atoms with Crippen molar-refractivity contribution >= 4 is 17.4 Å². The molecule has 0 radical (unpaired) electrons. The van der Waals surface area contributed by atoms with Crippen LogP contribution in [0.1, 0.15) is 12.8 Å². The van der Waals surface area contributed by atoms with Gasteiger partial charge in [-0.25, -0.2) is 9.97 Å². The Labute approximate surface area is 132 Å². The minimum Gasteiger partial charge on any atom is -0.381 e. The van der Waals surface area contributed by atoms with Crippen LogP contribution < -0.4 is 5.32 Å². The zero-order valence-corrected chi connectivity index (χ0v) is 12.7. The van der Waals surface area contributed by atoms with E-state index < -0.39 is 5.95 Å². The van der Waals surface area contributed by atoms with E-state index in [1.807, 2.05) is 0 Å². The van der Waals surface area contributed by atoms with Gasteiger partial charge in [0, 0.05) is 31.0 Å². The molecule has 1 aliphatic heterocycles. The van der Waals surface area contributed by atoms with Crippen LogP contribution in [0.4, 0.5) is 10.2 Å². The van der Waals surface area contributed by atoms with Gasteiger partial charge in [-0.1, -0.05) is 11.6 Å². The lowest BCUT2D eigenvalue weighted by atomic mass is 10.0. The molecule has 7 heteroatoms. The largest absolute Gasteiger partial charge is 0.381 e. The first-order valence-electron chi connectivity index (χ1n) is 7.17. The van der Waals surface area contributed by atoms with Crippen LogP contribution in [-0.2, 0) is 4.74 Å². The first kappa shape index (κ1) is 15.1. The normalized spacial score (nSPS) is 18.2. The number of aromatic nitrogens is 3. The number of nitrogens with one attached hydrogen (secondary N) is 1. The molecule has 1 N–H and O–H groups in total. The van der Waals surface area contributed by atoms with Gasteiger partial charge in [0.2, 0.25) is 5.95 Å². The van der Waals surface area contributed by atoms with Crippen molar-refractivity contribution in [1.82, 2.24) is 15.0 Å². The molecular formula is C15H16ClFN4O. The van der Waals surface area contributed by atoms with E-state index in [1.54, 1.807) is 12.4 Å². The van der Waals surface area contributed by atoms with E-state index in [4.69, 9.17) is 16.3 Å². The van der Waals surface area contributed by atoms with Gasteiger partial charge in [0.1, 0.15) is 5.82 Å². The number of nitrogens with zero attached hydrogens (tertiary/aromatic N) is 3. The third-order valence-electron chi connectivity index (χ3n) is 3.56. The van der Waals surface area contributed by atoms with Crippen LogP contribution in [0.25, 0.3) is 11.3 Å². The summed E-state index contributed by atoms with van der Waals surface area (Å²) in [4.78, 5) is 12.1. The van der Waals surface area contributed by atoms with Crippen molar-refractivity contribution in [2.24, 2.45) is 5.92 Å². The Morgan fingerprint density at radius 1 is 1.36 bits per heavy atom. The first-order chi connectivity index (χ1) is 10.7. The minimum absolute atomic E-state index is 0.341. The molecule has 2 aromatic rings. The molecule has 0 spiro atoms. The molecule has 116 valence electrons. The minimum atomic E-state index is -0.598. The molecule has 0 aliphatic carbocycles. The van der Waals surface area contributed by atoms with Gasteiger partial charge in [0.25, 0.3) is 0 Å². The Morgan fingerprint density at radius 2 is 2.27 bits per heavy atom. The van der Waals surface area contributed by atoms with Gasteiger partial charge in [-0.15, -0.1) is 0 Å². The number of rotatable bonds is 4. The summed E-state index contributed by atoms with van der Waals surface area (Å²) < 4.78 is 18.7. The van der Waals surface area contributed by atoms with Crippen molar-refractivity contribution in [3.8, 4) is 11.3 Å². The zero-order valence-electron chi connectivity index (χ0n) is 11.9. The van der Waals surface area contributed by atoms with Crippen LogP contribution in [-0.4, -0.2) is 34.7 Å². The molecule has 0 amide bonds. The second kappa shape index (κ2) is 6.98. The highest BCUT2D eigenvalue weighted by Gasteiger charge is 2.14. The Morgan fingerprint density at radius 3 is 3.09 bits per heavy atom. The molecule has 1 fully saturated rings. The maximum absolute atomic E-state index is 13.3. The van der Waals surface area contributed by atoms with Crippen LogP contribution in [0, 0.1) is 11.9 Å². The molecule has 0 saturated carbocycles. The number of anilines is 1. The average Bonchev–Trinajstić information content (AvgIpc) is 2.56. The molecule has 22 heavy (non-hydrogen) atoms. The maximum Gasteiger partial charge on any atom is 0.213 e. The van der Waals surface area contributed by atoms with Crippen molar-refractivity contribution < 1.29 is 9.13 Å². The van der Waals surface area contributed by atoms with E-state index in [1.165, 1.54) is 12.3 Å². The monoisotopic (exact) mass is 322 g/mol. The molecule has 3 heterocycles. The summed E-state index contributed by atoms with van der Waals surface area (Å²) in [6.07, 6.45) is 6.69. The number of pyridine rings is 1. The predicted octanol–water partition coefficient (Wildman–Crippen LogP) is 3.17. The Hall–Kier alpha value is -1.79. The molecule has 2 aromatic heterocycles. The van der Waals surface area contributed by atoms with E-state index in [0.717, 1.165) is 32.6 Å². The van der Waals surface area contributed by atoms with Crippen molar-refractivity contribution in [3.63, 3.8) is 0 Å². The molecule has 0 aromatic carbocycles. The molecule has 5 nitrogen and oxygen atoms in total. The Balaban J connectivity index is 1.73. The third-order valence-corrected chi connectivity index (χ3v) is 3.86. The van der Waals surface area contributed by atoms with Crippen molar-refractivity contribution in [2.75, 3.05) is 25.1 Å². The predicted molar refractivity (Wildman–Crippen MR) is 82.3 cm³/mol. The second-order valence-corrected chi connectivity index (χ2v) is 5.65. The quantitative estimate of drug-likeness (QED) is 0.876. The van der Waals surface area contributed by atoms with E-state index in [9.17, 15) is 4.39 Å². The van der Waals surface area contributed by atoms with Gasteiger partial charge in [-0.2, -0.15) is 4.39 Å². The van der Waals surface area contributed by atoms with E-state index >= 15 is 0 Å². The van der Waals surface area contributed by atoms with Gasteiger partial charge in [0.05, 0.1) is 29.7 Å². The average molecular weight is 323 g/mol. The fraction of sp³-hybridized carbons (Fsp3) is 0.400. The van der Waals surface area contributed by atoms with Crippen LogP contribution in [0.15, 0.2) is 24.7 Å². The van der Waals surface area contributed by atoms with E-state index in [-0.39, 0.29) is 0 Å². The van der Waals surface area contributed by atoms with E-state index in [2.05, 4.69) is 20.3 Å². The van der Waals surface area contributed by atoms with Gasteiger partial charge >= 0.3 is 0 Å². The molecule has 1 atom stereocenters.